The molecular weight excluding hydrogens is 262 g/mol. The second kappa shape index (κ2) is 6.58. The van der Waals surface area contributed by atoms with Crippen molar-refractivity contribution in [1.29, 1.82) is 0 Å². The molecule has 0 bridgehead atoms. The summed E-state index contributed by atoms with van der Waals surface area (Å²) in [6.07, 6.45) is 2.22. The van der Waals surface area contributed by atoms with E-state index in [9.17, 15) is 4.79 Å². The van der Waals surface area contributed by atoms with Crippen molar-refractivity contribution >= 4 is 11.6 Å². The predicted molar refractivity (Wildman–Crippen MR) is 87.3 cm³/mol. The van der Waals surface area contributed by atoms with Crippen LogP contribution < -0.4 is 10.6 Å². The summed E-state index contributed by atoms with van der Waals surface area (Å²) in [7, 11) is 4.08. The van der Waals surface area contributed by atoms with Crippen LogP contribution in [0.3, 0.4) is 0 Å². The Bertz CT molecular complexity index is 497. The van der Waals surface area contributed by atoms with Crippen LogP contribution in [0.2, 0.25) is 0 Å². The fourth-order valence-corrected chi connectivity index (χ4v) is 2.99. The second-order valence-corrected chi connectivity index (χ2v) is 6.91. The number of anilines is 1. The van der Waals surface area contributed by atoms with Gasteiger partial charge in [0.2, 0.25) is 5.91 Å². The number of hydrogen-bond acceptors (Lipinski definition) is 3. The molecular formula is C17H27N3O. The van der Waals surface area contributed by atoms with Gasteiger partial charge in [-0.2, -0.15) is 0 Å². The van der Waals surface area contributed by atoms with Gasteiger partial charge in [0.1, 0.15) is 0 Å². The Hall–Kier alpha value is -1.39. The van der Waals surface area contributed by atoms with E-state index in [1.54, 1.807) is 0 Å². The lowest BCUT2D eigenvalue weighted by molar-refractivity contribution is -0.121. The molecule has 1 aliphatic heterocycles. The summed E-state index contributed by atoms with van der Waals surface area (Å²) < 4.78 is 0. The molecule has 1 unspecified atom stereocenters. The monoisotopic (exact) mass is 289 g/mol. The summed E-state index contributed by atoms with van der Waals surface area (Å²) in [6.45, 7) is 6.11. The first kappa shape index (κ1) is 16.0. The molecule has 116 valence electrons. The first-order valence-electron chi connectivity index (χ1n) is 7.66. The summed E-state index contributed by atoms with van der Waals surface area (Å²) in [5, 5.41) is 6.42. The number of amides is 1. The lowest BCUT2D eigenvalue weighted by atomic mass is 9.77. The fourth-order valence-electron chi connectivity index (χ4n) is 2.99. The highest BCUT2D eigenvalue weighted by Gasteiger charge is 2.37. The van der Waals surface area contributed by atoms with Crippen LogP contribution in [0.4, 0.5) is 5.69 Å². The third-order valence-electron chi connectivity index (χ3n) is 4.08. The van der Waals surface area contributed by atoms with Crippen LogP contribution in [0, 0.1) is 5.41 Å². The van der Waals surface area contributed by atoms with Crippen LogP contribution in [0.5, 0.6) is 0 Å². The summed E-state index contributed by atoms with van der Waals surface area (Å²) in [4.78, 5) is 14.7. The van der Waals surface area contributed by atoms with Gasteiger partial charge in [0, 0.05) is 12.2 Å². The zero-order valence-corrected chi connectivity index (χ0v) is 13.6. The van der Waals surface area contributed by atoms with E-state index in [0.717, 1.165) is 31.6 Å². The van der Waals surface area contributed by atoms with E-state index in [-0.39, 0.29) is 17.4 Å². The van der Waals surface area contributed by atoms with Crippen LogP contribution in [-0.4, -0.2) is 37.5 Å². The number of rotatable bonds is 4. The highest BCUT2D eigenvalue weighted by atomic mass is 16.2. The molecule has 1 fully saturated rings. The summed E-state index contributed by atoms with van der Waals surface area (Å²) in [5.41, 5.74) is 2.08. The minimum Gasteiger partial charge on any atom is -0.325 e. The molecule has 0 radical (unpaired) electrons. The number of piperidine rings is 1. The van der Waals surface area contributed by atoms with Gasteiger partial charge >= 0.3 is 0 Å². The largest absolute Gasteiger partial charge is 0.325 e. The van der Waals surface area contributed by atoms with Crippen molar-refractivity contribution in [2.24, 2.45) is 5.41 Å². The molecule has 2 rings (SSSR count). The Labute approximate surface area is 127 Å². The van der Waals surface area contributed by atoms with Crippen molar-refractivity contribution in [1.82, 2.24) is 10.2 Å². The van der Waals surface area contributed by atoms with E-state index in [2.05, 4.69) is 35.4 Å². The van der Waals surface area contributed by atoms with E-state index in [1.165, 1.54) is 5.56 Å². The summed E-state index contributed by atoms with van der Waals surface area (Å²) >= 11 is 0. The molecule has 0 saturated carbocycles. The minimum absolute atomic E-state index is 0.00355. The molecule has 0 spiro atoms. The van der Waals surface area contributed by atoms with Gasteiger partial charge in [0.15, 0.2) is 0 Å². The molecule has 21 heavy (non-hydrogen) atoms. The predicted octanol–water partition coefficient (Wildman–Crippen LogP) is 2.46. The van der Waals surface area contributed by atoms with Gasteiger partial charge in [0.05, 0.1) is 6.04 Å². The molecule has 0 aromatic heterocycles. The Morgan fingerprint density at radius 2 is 2.19 bits per heavy atom. The average molecular weight is 289 g/mol. The highest BCUT2D eigenvalue weighted by molar-refractivity contribution is 5.95. The number of hydrogen-bond donors (Lipinski definition) is 2. The third kappa shape index (κ3) is 4.29. The van der Waals surface area contributed by atoms with Gasteiger partial charge in [-0.05, 0) is 56.6 Å². The highest BCUT2D eigenvalue weighted by Crippen LogP contribution is 2.30. The average Bonchev–Trinajstić information content (AvgIpc) is 2.37. The lowest BCUT2D eigenvalue weighted by Gasteiger charge is -2.38. The molecule has 1 aromatic carbocycles. The maximum absolute atomic E-state index is 12.5. The van der Waals surface area contributed by atoms with Crippen LogP contribution in [0.15, 0.2) is 24.3 Å². The van der Waals surface area contributed by atoms with Crippen LogP contribution in [0.1, 0.15) is 32.3 Å². The zero-order chi connectivity index (χ0) is 15.5. The number of benzene rings is 1. The zero-order valence-electron chi connectivity index (χ0n) is 13.6. The standard InChI is InChI=1S/C17H27N3O/c1-17(2)9-6-10-18-15(17)16(21)19-14-8-5-7-13(11-14)12-20(3)4/h5,7-8,11,15,18H,6,9-10,12H2,1-4H3,(H,19,21). The summed E-state index contributed by atoms with van der Waals surface area (Å²) in [5.74, 6) is 0.0710. The molecule has 0 aliphatic carbocycles. The van der Waals surface area contributed by atoms with E-state index in [4.69, 9.17) is 0 Å². The van der Waals surface area contributed by atoms with Crippen LogP contribution in [-0.2, 0) is 11.3 Å². The van der Waals surface area contributed by atoms with Crippen LogP contribution >= 0.6 is 0 Å². The molecule has 1 aromatic rings. The molecule has 1 amide bonds. The van der Waals surface area contributed by atoms with Crippen LogP contribution in [0.25, 0.3) is 0 Å². The third-order valence-corrected chi connectivity index (χ3v) is 4.08. The van der Waals surface area contributed by atoms with Gasteiger partial charge in [-0.3, -0.25) is 4.79 Å². The number of nitrogens with zero attached hydrogens (tertiary/aromatic N) is 1. The summed E-state index contributed by atoms with van der Waals surface area (Å²) in [6, 6.07) is 7.95. The van der Waals surface area contributed by atoms with Crippen molar-refractivity contribution in [3.8, 4) is 0 Å². The Morgan fingerprint density at radius 3 is 2.86 bits per heavy atom. The Balaban J connectivity index is 2.05. The van der Waals surface area contributed by atoms with Crippen molar-refractivity contribution in [3.63, 3.8) is 0 Å². The molecule has 4 heteroatoms. The van der Waals surface area contributed by atoms with Crippen molar-refractivity contribution < 1.29 is 4.79 Å². The molecule has 2 N–H and O–H groups in total. The number of carbonyl (C=O) groups excluding carboxylic acids is 1. The first-order chi connectivity index (χ1) is 9.88. The lowest BCUT2D eigenvalue weighted by Crippen LogP contribution is -2.53. The smallest absolute Gasteiger partial charge is 0.242 e. The first-order valence-corrected chi connectivity index (χ1v) is 7.66. The van der Waals surface area contributed by atoms with E-state index >= 15 is 0 Å². The molecule has 1 aliphatic rings. The van der Waals surface area contributed by atoms with Gasteiger partial charge in [-0.1, -0.05) is 26.0 Å². The maximum Gasteiger partial charge on any atom is 0.242 e. The normalized spacial score (nSPS) is 21.3. The Morgan fingerprint density at radius 1 is 1.43 bits per heavy atom. The quantitative estimate of drug-likeness (QED) is 0.895. The number of carbonyl (C=O) groups is 1. The van der Waals surface area contributed by atoms with Crippen molar-refractivity contribution in [2.45, 2.75) is 39.3 Å². The number of nitrogens with one attached hydrogen (secondary N) is 2. The van der Waals surface area contributed by atoms with Gasteiger partial charge in [-0.25, -0.2) is 0 Å². The van der Waals surface area contributed by atoms with E-state index in [0.29, 0.717) is 0 Å². The van der Waals surface area contributed by atoms with Gasteiger partial charge < -0.3 is 15.5 Å². The van der Waals surface area contributed by atoms with E-state index in [1.807, 2.05) is 32.3 Å². The SMILES string of the molecule is CN(C)Cc1cccc(NC(=O)C2NCCCC2(C)C)c1. The molecule has 1 heterocycles. The maximum atomic E-state index is 12.5. The Kier molecular flexibility index (Phi) is 5.01. The molecule has 1 saturated heterocycles. The van der Waals surface area contributed by atoms with E-state index < -0.39 is 0 Å². The topological polar surface area (TPSA) is 44.4 Å². The van der Waals surface area contributed by atoms with Crippen molar-refractivity contribution in [3.05, 3.63) is 29.8 Å². The molecule has 4 nitrogen and oxygen atoms in total. The fraction of sp³-hybridized carbons (Fsp3) is 0.588. The van der Waals surface area contributed by atoms with Crippen molar-refractivity contribution in [2.75, 3.05) is 26.0 Å². The van der Waals surface area contributed by atoms with Gasteiger partial charge in [-0.15, -0.1) is 0 Å². The van der Waals surface area contributed by atoms with Gasteiger partial charge in [0.25, 0.3) is 0 Å². The molecule has 1 atom stereocenters. The minimum atomic E-state index is -0.122. The second-order valence-electron chi connectivity index (χ2n) is 6.91.